The second-order valence-corrected chi connectivity index (χ2v) is 5.76. The number of halogens is 5. The highest BCUT2D eigenvalue weighted by Crippen LogP contribution is 2.39. The van der Waals surface area contributed by atoms with Crippen molar-refractivity contribution >= 4 is 28.9 Å². The monoisotopic (exact) mass is 331 g/mol. The molecule has 0 bridgehead atoms. The summed E-state index contributed by atoms with van der Waals surface area (Å²) in [6.45, 7) is 0. The Morgan fingerprint density at radius 3 is 2.24 bits per heavy atom. The summed E-state index contributed by atoms with van der Waals surface area (Å²) in [6.07, 6.45) is -3.65. The summed E-state index contributed by atoms with van der Waals surface area (Å²) in [5.74, 6) is 0. The van der Waals surface area contributed by atoms with Crippen LogP contribution in [0.4, 0.5) is 18.9 Å². The van der Waals surface area contributed by atoms with Crippen molar-refractivity contribution in [1.82, 2.24) is 0 Å². The van der Waals surface area contributed by atoms with Crippen molar-refractivity contribution in [2.24, 2.45) is 0 Å². The topological polar surface area (TPSA) is 12.0 Å². The van der Waals surface area contributed by atoms with E-state index in [-0.39, 0.29) is 6.04 Å². The van der Waals surface area contributed by atoms with Gasteiger partial charge in [0, 0.05) is 5.69 Å². The average molecular weight is 332 g/mol. The number of rotatable bonds is 1. The third-order valence-corrected chi connectivity index (χ3v) is 4.26. The number of nitrogens with one attached hydrogen (secondary N) is 1. The van der Waals surface area contributed by atoms with Crippen LogP contribution in [0.1, 0.15) is 22.7 Å². The first-order valence-corrected chi connectivity index (χ1v) is 7.02. The summed E-state index contributed by atoms with van der Waals surface area (Å²) >= 11 is 11.9. The number of fused-ring (bicyclic) bond motifs is 1. The standard InChI is InChI=1S/C15H10Cl2F3N/c16-11-5-9-6-13(21-14(9)7-12(11)17)8-1-3-10(4-2-8)15(18,19)20/h1-5,7,13,21H,6H2. The Morgan fingerprint density at radius 1 is 1.00 bits per heavy atom. The molecule has 0 spiro atoms. The average Bonchev–Trinajstić information content (AvgIpc) is 2.81. The van der Waals surface area contributed by atoms with Crippen molar-refractivity contribution in [3.8, 4) is 0 Å². The molecule has 2 aromatic carbocycles. The number of anilines is 1. The van der Waals surface area contributed by atoms with Crippen LogP contribution in [-0.4, -0.2) is 0 Å². The highest BCUT2D eigenvalue weighted by Gasteiger charge is 2.31. The van der Waals surface area contributed by atoms with Crippen LogP contribution >= 0.6 is 23.2 Å². The van der Waals surface area contributed by atoms with Crippen molar-refractivity contribution in [1.29, 1.82) is 0 Å². The van der Waals surface area contributed by atoms with E-state index in [1.54, 1.807) is 12.1 Å². The summed E-state index contributed by atoms with van der Waals surface area (Å²) in [5.41, 5.74) is 2.03. The fourth-order valence-corrected chi connectivity index (χ4v) is 2.81. The van der Waals surface area contributed by atoms with Crippen molar-refractivity contribution in [3.63, 3.8) is 0 Å². The molecule has 0 saturated heterocycles. The van der Waals surface area contributed by atoms with Crippen molar-refractivity contribution < 1.29 is 13.2 Å². The maximum atomic E-state index is 12.6. The fourth-order valence-electron chi connectivity index (χ4n) is 2.46. The molecule has 1 atom stereocenters. The Hall–Kier alpha value is -1.39. The second kappa shape index (κ2) is 5.11. The molecule has 1 nitrogen and oxygen atoms in total. The highest BCUT2D eigenvalue weighted by molar-refractivity contribution is 6.42. The van der Waals surface area contributed by atoms with Crippen LogP contribution in [0.25, 0.3) is 0 Å². The minimum Gasteiger partial charge on any atom is -0.378 e. The van der Waals surface area contributed by atoms with Crippen LogP contribution < -0.4 is 5.32 Å². The molecule has 1 aliphatic rings. The zero-order valence-corrected chi connectivity index (χ0v) is 12.2. The van der Waals surface area contributed by atoms with Crippen LogP contribution in [0.15, 0.2) is 36.4 Å². The Balaban J connectivity index is 1.84. The lowest BCUT2D eigenvalue weighted by Crippen LogP contribution is -2.08. The molecule has 0 radical (unpaired) electrons. The Bertz CT molecular complexity index is 650. The second-order valence-electron chi connectivity index (χ2n) is 4.94. The van der Waals surface area contributed by atoms with E-state index in [1.807, 2.05) is 0 Å². The summed E-state index contributed by atoms with van der Waals surface area (Å²) in [5, 5.41) is 4.18. The van der Waals surface area contributed by atoms with E-state index in [2.05, 4.69) is 5.32 Å². The molecule has 0 amide bonds. The van der Waals surface area contributed by atoms with Gasteiger partial charge in [0.25, 0.3) is 0 Å². The van der Waals surface area contributed by atoms with Gasteiger partial charge in [0.05, 0.1) is 21.7 Å². The summed E-state index contributed by atoms with van der Waals surface area (Å²) < 4.78 is 37.7. The molecule has 3 rings (SSSR count). The smallest absolute Gasteiger partial charge is 0.378 e. The molecule has 1 N–H and O–H groups in total. The van der Waals surface area contributed by atoms with E-state index in [9.17, 15) is 13.2 Å². The third-order valence-electron chi connectivity index (χ3n) is 3.54. The van der Waals surface area contributed by atoms with Crippen LogP contribution in [0.3, 0.4) is 0 Å². The van der Waals surface area contributed by atoms with Gasteiger partial charge in [-0.3, -0.25) is 0 Å². The van der Waals surface area contributed by atoms with E-state index >= 15 is 0 Å². The van der Waals surface area contributed by atoms with Crippen LogP contribution in [-0.2, 0) is 12.6 Å². The van der Waals surface area contributed by atoms with E-state index < -0.39 is 11.7 Å². The fraction of sp³-hybridized carbons (Fsp3) is 0.200. The first-order valence-electron chi connectivity index (χ1n) is 6.26. The van der Waals surface area contributed by atoms with Gasteiger partial charge in [0.1, 0.15) is 0 Å². The van der Waals surface area contributed by atoms with Gasteiger partial charge in [-0.2, -0.15) is 13.2 Å². The number of alkyl halides is 3. The predicted molar refractivity (Wildman–Crippen MR) is 78.0 cm³/mol. The van der Waals surface area contributed by atoms with E-state index in [1.165, 1.54) is 12.1 Å². The SMILES string of the molecule is FC(F)(F)c1ccc(C2Cc3cc(Cl)c(Cl)cc3N2)cc1. The van der Waals surface area contributed by atoms with E-state index in [0.717, 1.165) is 28.9 Å². The molecular formula is C15H10Cl2F3N. The molecule has 1 heterocycles. The molecule has 0 saturated carbocycles. The molecular weight excluding hydrogens is 322 g/mol. The molecule has 1 aliphatic heterocycles. The van der Waals surface area contributed by atoms with Gasteiger partial charge < -0.3 is 5.32 Å². The maximum Gasteiger partial charge on any atom is 0.416 e. The third kappa shape index (κ3) is 2.83. The molecule has 0 aromatic heterocycles. The molecule has 110 valence electrons. The minimum atomic E-state index is -4.31. The number of hydrogen-bond donors (Lipinski definition) is 1. The van der Waals surface area contributed by atoms with Crippen LogP contribution in [0.2, 0.25) is 10.0 Å². The van der Waals surface area contributed by atoms with Gasteiger partial charge in [-0.1, -0.05) is 35.3 Å². The van der Waals surface area contributed by atoms with Gasteiger partial charge in [-0.25, -0.2) is 0 Å². The molecule has 1 unspecified atom stereocenters. The lowest BCUT2D eigenvalue weighted by molar-refractivity contribution is -0.137. The van der Waals surface area contributed by atoms with Crippen LogP contribution in [0.5, 0.6) is 0 Å². The summed E-state index contributed by atoms with van der Waals surface area (Å²) in [6, 6.07) is 8.64. The van der Waals surface area contributed by atoms with Gasteiger partial charge in [-0.15, -0.1) is 0 Å². The summed E-state index contributed by atoms with van der Waals surface area (Å²) in [4.78, 5) is 0. The molecule has 21 heavy (non-hydrogen) atoms. The van der Waals surface area contributed by atoms with Crippen molar-refractivity contribution in [2.45, 2.75) is 18.6 Å². The van der Waals surface area contributed by atoms with Gasteiger partial charge in [0.2, 0.25) is 0 Å². The summed E-state index contributed by atoms with van der Waals surface area (Å²) in [7, 11) is 0. The highest BCUT2D eigenvalue weighted by atomic mass is 35.5. The van der Waals surface area contributed by atoms with Crippen LogP contribution in [0, 0.1) is 0 Å². The number of benzene rings is 2. The quantitative estimate of drug-likeness (QED) is 0.704. The minimum absolute atomic E-state index is 0.0724. The molecule has 6 heteroatoms. The molecule has 2 aromatic rings. The normalized spacial score (nSPS) is 17.5. The zero-order valence-electron chi connectivity index (χ0n) is 10.6. The predicted octanol–water partition coefficient (Wildman–Crippen LogP) is 5.72. The first-order chi connectivity index (χ1) is 9.84. The number of hydrogen-bond acceptors (Lipinski definition) is 1. The van der Waals surface area contributed by atoms with E-state index in [4.69, 9.17) is 23.2 Å². The van der Waals surface area contributed by atoms with E-state index in [0.29, 0.717) is 16.5 Å². The van der Waals surface area contributed by atoms with Gasteiger partial charge in [-0.05, 0) is 41.8 Å². The zero-order chi connectivity index (χ0) is 15.2. The largest absolute Gasteiger partial charge is 0.416 e. The van der Waals surface area contributed by atoms with Gasteiger partial charge in [0.15, 0.2) is 0 Å². The van der Waals surface area contributed by atoms with Gasteiger partial charge >= 0.3 is 6.18 Å². The van der Waals surface area contributed by atoms with Crippen molar-refractivity contribution in [2.75, 3.05) is 5.32 Å². The molecule has 0 fully saturated rings. The first kappa shape index (κ1) is 14.5. The molecule has 0 aliphatic carbocycles. The van der Waals surface area contributed by atoms with Crippen molar-refractivity contribution in [3.05, 3.63) is 63.1 Å². The Morgan fingerprint density at radius 2 is 1.62 bits per heavy atom. The Labute approximate surface area is 129 Å². The lowest BCUT2D eigenvalue weighted by Gasteiger charge is -2.13. The Kier molecular flexibility index (Phi) is 3.54. The lowest BCUT2D eigenvalue weighted by atomic mass is 10.0. The maximum absolute atomic E-state index is 12.6.